The van der Waals surface area contributed by atoms with Crippen molar-refractivity contribution in [1.29, 1.82) is 0 Å². The van der Waals surface area contributed by atoms with Crippen LogP contribution < -0.4 is 4.90 Å². The quantitative estimate of drug-likeness (QED) is 0.255. The molecule has 0 saturated heterocycles. The number of nitrogens with zero attached hydrogens (tertiary/aromatic N) is 1. The Balaban J connectivity index is 1.77. The lowest BCUT2D eigenvalue weighted by Crippen LogP contribution is -2.18. The number of halogens is 3. The third-order valence-electron chi connectivity index (χ3n) is 4.98. The van der Waals surface area contributed by atoms with E-state index < -0.39 is 17.6 Å². The van der Waals surface area contributed by atoms with E-state index in [1.54, 1.807) is 42.2 Å². The summed E-state index contributed by atoms with van der Waals surface area (Å²) < 4.78 is 24.1. The van der Waals surface area contributed by atoms with Crippen molar-refractivity contribution in [2.45, 2.75) is 6.92 Å². The smallest absolute Gasteiger partial charge is 0.343 e. The van der Waals surface area contributed by atoms with Gasteiger partial charge in [-0.2, -0.15) is 0 Å². The molecule has 1 aliphatic rings. The van der Waals surface area contributed by atoms with Gasteiger partial charge in [-0.15, -0.1) is 0 Å². The number of carbonyl (C=O) groups is 2. The molecule has 2 heterocycles. The van der Waals surface area contributed by atoms with Gasteiger partial charge in [0.05, 0.1) is 22.9 Å². The van der Waals surface area contributed by atoms with Gasteiger partial charge in [-0.25, -0.2) is 9.18 Å². The van der Waals surface area contributed by atoms with Gasteiger partial charge in [0.1, 0.15) is 22.9 Å². The zero-order valence-corrected chi connectivity index (χ0v) is 18.5. The minimum Gasteiger partial charge on any atom is -0.465 e. The van der Waals surface area contributed by atoms with Crippen molar-refractivity contribution in [2.24, 2.45) is 0 Å². The van der Waals surface area contributed by atoms with Crippen molar-refractivity contribution in [2.75, 3.05) is 12.0 Å². The molecule has 0 spiro atoms. The van der Waals surface area contributed by atoms with Crippen LogP contribution in [-0.2, 0) is 14.3 Å². The number of esters is 1. The highest BCUT2D eigenvalue weighted by atomic mass is 35.5. The predicted molar refractivity (Wildman–Crippen MR) is 121 cm³/mol. The van der Waals surface area contributed by atoms with Crippen LogP contribution in [-0.4, -0.2) is 18.9 Å². The Labute approximate surface area is 193 Å². The van der Waals surface area contributed by atoms with E-state index in [9.17, 15) is 14.0 Å². The van der Waals surface area contributed by atoms with Crippen LogP contribution in [0.5, 0.6) is 0 Å². The van der Waals surface area contributed by atoms with Gasteiger partial charge in [0.2, 0.25) is 5.78 Å². The molecule has 0 fully saturated rings. The fourth-order valence-corrected chi connectivity index (χ4v) is 3.75. The number of rotatable bonds is 4. The Morgan fingerprint density at radius 2 is 1.78 bits per heavy atom. The molecule has 162 valence electrons. The van der Waals surface area contributed by atoms with E-state index in [0.29, 0.717) is 38.5 Å². The summed E-state index contributed by atoms with van der Waals surface area (Å²) in [5, 5.41) is 0.809. The number of anilines is 1. The highest BCUT2D eigenvalue weighted by molar-refractivity contribution is 6.42. The van der Waals surface area contributed by atoms with E-state index in [1.165, 1.54) is 37.5 Å². The van der Waals surface area contributed by atoms with Crippen LogP contribution in [0.4, 0.5) is 10.1 Å². The van der Waals surface area contributed by atoms with Gasteiger partial charge in [-0.3, -0.25) is 4.79 Å². The van der Waals surface area contributed by atoms with E-state index in [4.69, 9.17) is 32.4 Å². The monoisotopic (exact) mass is 471 g/mol. The van der Waals surface area contributed by atoms with Crippen molar-refractivity contribution in [3.05, 3.63) is 93.2 Å². The minimum atomic E-state index is -0.751. The van der Waals surface area contributed by atoms with Crippen LogP contribution in [0, 0.1) is 5.82 Å². The summed E-state index contributed by atoms with van der Waals surface area (Å²) in [6.07, 6.45) is 1.52. The summed E-state index contributed by atoms with van der Waals surface area (Å²) in [6.45, 7) is 1.62. The Morgan fingerprint density at radius 3 is 2.44 bits per heavy atom. The summed E-state index contributed by atoms with van der Waals surface area (Å²) in [6, 6.07) is 14.1. The van der Waals surface area contributed by atoms with Crippen LogP contribution in [0.25, 0.3) is 17.4 Å². The van der Waals surface area contributed by atoms with Gasteiger partial charge < -0.3 is 14.1 Å². The van der Waals surface area contributed by atoms with E-state index in [-0.39, 0.29) is 11.3 Å². The Morgan fingerprint density at radius 1 is 1.06 bits per heavy atom. The number of hydrogen-bond acceptors (Lipinski definition) is 5. The number of carbonyl (C=O) groups excluding carboxylic acids is 2. The van der Waals surface area contributed by atoms with Crippen molar-refractivity contribution < 1.29 is 23.1 Å². The summed E-state index contributed by atoms with van der Waals surface area (Å²) in [5.74, 6) is -0.797. The van der Waals surface area contributed by atoms with Crippen molar-refractivity contribution in [3.8, 4) is 11.3 Å². The molecule has 2 aromatic carbocycles. The summed E-state index contributed by atoms with van der Waals surface area (Å²) in [4.78, 5) is 26.9. The molecule has 0 amide bonds. The molecule has 0 aliphatic carbocycles. The number of Topliss-reactive ketones (excluding diaryl/α,β-unsaturated/α-hetero) is 1. The average molecular weight is 472 g/mol. The van der Waals surface area contributed by atoms with Crippen LogP contribution in [0.15, 0.2) is 76.0 Å². The molecular formula is C24H16Cl2FNO4. The number of furan rings is 1. The van der Waals surface area contributed by atoms with Gasteiger partial charge in [0.25, 0.3) is 0 Å². The predicted octanol–water partition coefficient (Wildman–Crippen LogP) is 6.27. The largest absolute Gasteiger partial charge is 0.465 e. The van der Waals surface area contributed by atoms with Crippen molar-refractivity contribution in [1.82, 2.24) is 0 Å². The summed E-state index contributed by atoms with van der Waals surface area (Å²) >= 11 is 12.1. The minimum absolute atomic E-state index is 0.0978. The van der Waals surface area contributed by atoms with Gasteiger partial charge in [-0.05, 0) is 61.5 Å². The molecule has 0 N–H and O–H groups in total. The fraction of sp³-hybridized carbons (Fsp3) is 0.0833. The standard InChI is InChI=1S/C24H16Cl2FNO4/c1-13-22(24(30)31-2)23(29)20(28(13)16-6-4-15(27)5-7-16)12-17-8-10-21(32-17)14-3-9-18(25)19(26)11-14/h3-12H,1-2H3/b20-12+. The first-order valence-electron chi connectivity index (χ1n) is 9.46. The third kappa shape index (κ3) is 3.95. The molecule has 4 rings (SSSR count). The molecule has 0 bridgehead atoms. The van der Waals surface area contributed by atoms with E-state index in [0.717, 1.165) is 0 Å². The molecule has 5 nitrogen and oxygen atoms in total. The molecule has 0 radical (unpaired) electrons. The zero-order chi connectivity index (χ0) is 23.0. The van der Waals surface area contributed by atoms with Crippen molar-refractivity contribution >= 4 is 46.7 Å². The second kappa shape index (κ2) is 8.65. The van der Waals surface area contributed by atoms with Gasteiger partial charge in [0.15, 0.2) is 0 Å². The number of ether oxygens (including phenoxy) is 1. The molecule has 8 heteroatoms. The summed E-state index contributed by atoms with van der Waals surface area (Å²) in [7, 11) is 1.20. The number of benzene rings is 2. The zero-order valence-electron chi connectivity index (χ0n) is 17.0. The molecule has 1 aliphatic heterocycles. The number of allylic oxidation sites excluding steroid dienone is 2. The second-order valence-corrected chi connectivity index (χ2v) is 7.77. The molecular weight excluding hydrogens is 456 g/mol. The third-order valence-corrected chi connectivity index (χ3v) is 5.72. The average Bonchev–Trinajstić information content (AvgIpc) is 3.33. The highest BCUT2D eigenvalue weighted by Crippen LogP contribution is 2.36. The van der Waals surface area contributed by atoms with Crippen LogP contribution in [0.1, 0.15) is 12.7 Å². The molecule has 0 unspecified atom stereocenters. The molecule has 1 aromatic heterocycles. The lowest BCUT2D eigenvalue weighted by Gasteiger charge is -2.21. The van der Waals surface area contributed by atoms with E-state index in [1.807, 2.05) is 0 Å². The maximum atomic E-state index is 13.4. The SMILES string of the molecule is COC(=O)C1=C(C)N(c2ccc(F)cc2)/C(=C/c2ccc(-c3ccc(Cl)c(Cl)c3)o2)C1=O. The molecule has 0 atom stereocenters. The lowest BCUT2D eigenvalue weighted by molar-refractivity contribution is -0.137. The Bertz CT molecular complexity index is 1290. The number of hydrogen-bond donors (Lipinski definition) is 0. The van der Waals surface area contributed by atoms with Crippen LogP contribution >= 0.6 is 23.2 Å². The van der Waals surface area contributed by atoms with Crippen LogP contribution in [0.2, 0.25) is 10.0 Å². The van der Waals surface area contributed by atoms with E-state index >= 15 is 0 Å². The molecule has 0 saturated carbocycles. The second-order valence-electron chi connectivity index (χ2n) is 6.95. The number of ketones is 1. The normalized spacial score (nSPS) is 15.1. The molecule has 32 heavy (non-hydrogen) atoms. The van der Waals surface area contributed by atoms with Gasteiger partial charge >= 0.3 is 5.97 Å². The first kappa shape index (κ1) is 21.9. The Hall–Kier alpha value is -3.35. The maximum Gasteiger partial charge on any atom is 0.343 e. The fourth-order valence-electron chi connectivity index (χ4n) is 3.45. The summed E-state index contributed by atoms with van der Waals surface area (Å²) in [5.41, 5.74) is 1.67. The topological polar surface area (TPSA) is 59.8 Å². The van der Waals surface area contributed by atoms with Gasteiger partial charge in [-0.1, -0.05) is 23.2 Å². The van der Waals surface area contributed by atoms with Crippen molar-refractivity contribution in [3.63, 3.8) is 0 Å². The first-order valence-corrected chi connectivity index (χ1v) is 10.2. The maximum absolute atomic E-state index is 13.4. The lowest BCUT2D eigenvalue weighted by atomic mass is 10.1. The highest BCUT2D eigenvalue weighted by Gasteiger charge is 2.38. The van der Waals surface area contributed by atoms with E-state index in [2.05, 4.69) is 0 Å². The molecule has 3 aromatic rings. The Kier molecular flexibility index (Phi) is 5.91. The van der Waals surface area contributed by atoms with Crippen LogP contribution in [0.3, 0.4) is 0 Å². The first-order chi connectivity index (χ1) is 15.3. The number of methoxy groups -OCH3 is 1. The van der Waals surface area contributed by atoms with Gasteiger partial charge in [0, 0.05) is 23.0 Å².